The van der Waals surface area contributed by atoms with Crippen LogP contribution in [0.4, 0.5) is 0 Å². The Morgan fingerprint density at radius 3 is 2.65 bits per heavy atom. The van der Waals surface area contributed by atoms with Gasteiger partial charge in [0.2, 0.25) is 5.91 Å². The Kier molecular flexibility index (Phi) is 5.18. The normalized spacial score (nSPS) is 19.9. The molecule has 2 rings (SSSR count). The smallest absolute Gasteiger partial charge is 0.222 e. The second-order valence-corrected chi connectivity index (χ2v) is 6.23. The Hall–Kier alpha value is -1.35. The molecule has 1 aliphatic rings. The number of piperidine rings is 1. The maximum Gasteiger partial charge on any atom is 0.222 e. The number of likely N-dealkylation sites (tertiary alicyclic amines) is 1. The highest BCUT2D eigenvalue weighted by Crippen LogP contribution is 2.20. The van der Waals surface area contributed by atoms with Crippen LogP contribution in [0.2, 0.25) is 0 Å². The zero-order valence-electron chi connectivity index (χ0n) is 12.9. The Labute approximate surface area is 122 Å². The number of amides is 1. The third-order valence-corrected chi connectivity index (χ3v) is 4.03. The molecule has 1 amide bonds. The van der Waals surface area contributed by atoms with Gasteiger partial charge in [-0.1, -0.05) is 30.3 Å². The highest BCUT2D eigenvalue weighted by atomic mass is 16.2. The van der Waals surface area contributed by atoms with Crippen LogP contribution in [0.3, 0.4) is 0 Å². The fraction of sp³-hybridized carbons (Fsp3) is 0.588. The van der Waals surface area contributed by atoms with Crippen molar-refractivity contribution in [2.75, 3.05) is 20.1 Å². The molecular formula is C17H26N2O. The monoisotopic (exact) mass is 274 g/mol. The van der Waals surface area contributed by atoms with Gasteiger partial charge in [-0.3, -0.25) is 4.79 Å². The van der Waals surface area contributed by atoms with E-state index in [4.69, 9.17) is 0 Å². The molecule has 20 heavy (non-hydrogen) atoms. The van der Waals surface area contributed by atoms with E-state index in [2.05, 4.69) is 56.1 Å². The van der Waals surface area contributed by atoms with Gasteiger partial charge in [-0.25, -0.2) is 0 Å². The van der Waals surface area contributed by atoms with Crippen molar-refractivity contribution in [3.05, 3.63) is 35.9 Å². The molecule has 0 radical (unpaired) electrons. The first-order valence-electron chi connectivity index (χ1n) is 7.58. The molecule has 1 aromatic carbocycles. The molecule has 110 valence electrons. The fourth-order valence-electron chi connectivity index (χ4n) is 2.99. The van der Waals surface area contributed by atoms with E-state index in [-0.39, 0.29) is 0 Å². The van der Waals surface area contributed by atoms with Crippen LogP contribution >= 0.6 is 0 Å². The van der Waals surface area contributed by atoms with Crippen molar-refractivity contribution >= 4 is 5.91 Å². The molecule has 0 N–H and O–H groups in total. The summed E-state index contributed by atoms with van der Waals surface area (Å²) in [7, 11) is 2.17. The summed E-state index contributed by atoms with van der Waals surface area (Å²) < 4.78 is 0. The van der Waals surface area contributed by atoms with Crippen molar-refractivity contribution in [1.82, 2.24) is 9.80 Å². The summed E-state index contributed by atoms with van der Waals surface area (Å²) in [6.07, 6.45) is 1.74. The Balaban J connectivity index is 1.85. The molecule has 3 nitrogen and oxygen atoms in total. The van der Waals surface area contributed by atoms with E-state index < -0.39 is 0 Å². The molecule has 0 saturated carbocycles. The van der Waals surface area contributed by atoms with Gasteiger partial charge in [0.05, 0.1) is 0 Å². The van der Waals surface area contributed by atoms with Crippen LogP contribution in [-0.2, 0) is 11.3 Å². The predicted octanol–water partition coefficient (Wildman–Crippen LogP) is 2.77. The van der Waals surface area contributed by atoms with Crippen molar-refractivity contribution in [2.45, 2.75) is 39.3 Å². The summed E-state index contributed by atoms with van der Waals surface area (Å²) in [6, 6.07) is 10.9. The first-order valence-corrected chi connectivity index (χ1v) is 7.58. The number of benzene rings is 1. The summed E-state index contributed by atoms with van der Waals surface area (Å²) >= 11 is 0. The third-order valence-electron chi connectivity index (χ3n) is 4.03. The first-order chi connectivity index (χ1) is 9.56. The minimum atomic E-state index is 0.321. The number of carbonyl (C=O) groups excluding carboxylic acids is 1. The van der Waals surface area contributed by atoms with Gasteiger partial charge in [0.25, 0.3) is 0 Å². The summed E-state index contributed by atoms with van der Waals surface area (Å²) in [5.74, 6) is 0.922. The highest BCUT2D eigenvalue weighted by molar-refractivity contribution is 5.77. The molecule has 1 fully saturated rings. The van der Waals surface area contributed by atoms with Gasteiger partial charge in [-0.05, 0) is 38.8 Å². The molecule has 0 bridgehead atoms. The van der Waals surface area contributed by atoms with Gasteiger partial charge in [0.1, 0.15) is 0 Å². The maximum absolute atomic E-state index is 11.9. The van der Waals surface area contributed by atoms with Gasteiger partial charge in [-0.2, -0.15) is 0 Å². The first kappa shape index (κ1) is 15.0. The second-order valence-electron chi connectivity index (χ2n) is 6.23. The van der Waals surface area contributed by atoms with E-state index in [0.29, 0.717) is 24.3 Å². The number of nitrogens with zero attached hydrogens (tertiary/aromatic N) is 2. The molecule has 1 heterocycles. The van der Waals surface area contributed by atoms with E-state index in [9.17, 15) is 4.79 Å². The van der Waals surface area contributed by atoms with Crippen LogP contribution < -0.4 is 0 Å². The van der Waals surface area contributed by atoms with Crippen LogP contribution in [0.5, 0.6) is 0 Å². The summed E-state index contributed by atoms with van der Waals surface area (Å²) in [5.41, 5.74) is 1.35. The molecule has 1 aromatic rings. The van der Waals surface area contributed by atoms with Crippen LogP contribution in [0.25, 0.3) is 0 Å². The highest BCUT2D eigenvalue weighted by Gasteiger charge is 2.27. The topological polar surface area (TPSA) is 23.6 Å². The SMILES string of the molecule is CC(C)N1CC(CN(C)Cc2ccccc2)CCC1=O. The Bertz CT molecular complexity index is 430. The van der Waals surface area contributed by atoms with E-state index >= 15 is 0 Å². The lowest BCUT2D eigenvalue weighted by atomic mass is 9.96. The van der Waals surface area contributed by atoms with Gasteiger partial charge in [0, 0.05) is 32.1 Å². The lowest BCUT2D eigenvalue weighted by molar-refractivity contribution is -0.136. The lowest BCUT2D eigenvalue weighted by Crippen LogP contribution is -2.46. The van der Waals surface area contributed by atoms with Crippen molar-refractivity contribution < 1.29 is 4.79 Å². The average molecular weight is 274 g/mol. The number of hydrogen-bond acceptors (Lipinski definition) is 2. The van der Waals surface area contributed by atoms with Crippen LogP contribution in [0.1, 0.15) is 32.3 Å². The second kappa shape index (κ2) is 6.89. The average Bonchev–Trinajstić information content (AvgIpc) is 2.41. The minimum Gasteiger partial charge on any atom is -0.340 e. The summed E-state index contributed by atoms with van der Waals surface area (Å²) in [6.45, 7) is 7.16. The lowest BCUT2D eigenvalue weighted by Gasteiger charge is -2.37. The maximum atomic E-state index is 11.9. The van der Waals surface area contributed by atoms with Gasteiger partial charge in [0.15, 0.2) is 0 Å². The van der Waals surface area contributed by atoms with E-state index in [0.717, 1.165) is 26.1 Å². The summed E-state index contributed by atoms with van der Waals surface area (Å²) in [5, 5.41) is 0. The number of hydrogen-bond donors (Lipinski definition) is 0. The van der Waals surface area contributed by atoms with Crippen LogP contribution in [0, 0.1) is 5.92 Å². The van der Waals surface area contributed by atoms with Crippen molar-refractivity contribution in [1.29, 1.82) is 0 Å². The third kappa shape index (κ3) is 4.07. The standard InChI is InChI=1S/C17H26N2O/c1-14(2)19-13-16(9-10-17(19)20)12-18(3)11-15-7-5-4-6-8-15/h4-8,14,16H,9-13H2,1-3H3. The minimum absolute atomic E-state index is 0.321. The van der Waals surface area contributed by atoms with Crippen LogP contribution in [0.15, 0.2) is 30.3 Å². The van der Waals surface area contributed by atoms with E-state index in [1.54, 1.807) is 0 Å². The summed E-state index contributed by atoms with van der Waals surface area (Å²) in [4.78, 5) is 16.3. The molecule has 0 aliphatic carbocycles. The van der Waals surface area contributed by atoms with Crippen molar-refractivity contribution in [3.63, 3.8) is 0 Å². The predicted molar refractivity (Wildman–Crippen MR) is 82.3 cm³/mol. The van der Waals surface area contributed by atoms with E-state index in [1.807, 2.05) is 4.90 Å². The van der Waals surface area contributed by atoms with Gasteiger partial charge < -0.3 is 9.80 Å². The largest absolute Gasteiger partial charge is 0.340 e. The zero-order valence-corrected chi connectivity index (χ0v) is 12.9. The quantitative estimate of drug-likeness (QED) is 0.824. The van der Waals surface area contributed by atoms with E-state index in [1.165, 1.54) is 5.56 Å². The molecule has 0 spiro atoms. The zero-order chi connectivity index (χ0) is 14.5. The molecule has 1 aliphatic heterocycles. The molecule has 1 atom stereocenters. The number of rotatable bonds is 5. The van der Waals surface area contributed by atoms with Gasteiger partial charge in [-0.15, -0.1) is 0 Å². The molecular weight excluding hydrogens is 248 g/mol. The Morgan fingerprint density at radius 1 is 1.30 bits per heavy atom. The molecule has 0 aromatic heterocycles. The fourth-order valence-corrected chi connectivity index (χ4v) is 2.99. The van der Waals surface area contributed by atoms with Crippen LogP contribution in [-0.4, -0.2) is 41.9 Å². The number of carbonyl (C=O) groups is 1. The van der Waals surface area contributed by atoms with Crippen molar-refractivity contribution in [3.8, 4) is 0 Å². The molecule has 1 unspecified atom stereocenters. The molecule has 1 saturated heterocycles. The Morgan fingerprint density at radius 2 is 2.00 bits per heavy atom. The van der Waals surface area contributed by atoms with Gasteiger partial charge >= 0.3 is 0 Å². The molecule has 3 heteroatoms. The van der Waals surface area contributed by atoms with Crippen molar-refractivity contribution in [2.24, 2.45) is 5.92 Å².